The van der Waals surface area contributed by atoms with E-state index in [1.807, 2.05) is 6.26 Å². The Morgan fingerprint density at radius 3 is 2.95 bits per heavy atom. The lowest BCUT2D eigenvalue weighted by Gasteiger charge is -2.10. The highest BCUT2D eigenvalue weighted by Crippen LogP contribution is 2.17. The van der Waals surface area contributed by atoms with Gasteiger partial charge in [-0.15, -0.1) is 0 Å². The number of ether oxygens (including phenoxy) is 1. The molecule has 0 fully saturated rings. The van der Waals surface area contributed by atoms with Crippen molar-refractivity contribution in [2.45, 2.75) is 18.5 Å². The molecule has 7 heteroatoms. The van der Waals surface area contributed by atoms with E-state index < -0.39 is 11.8 Å². The SMILES string of the molecule is C=C(F)CCNc1nc(SC)ncc1C(=O)OCC. The molecule has 5 nitrogen and oxygen atoms in total. The second-order valence-electron chi connectivity index (χ2n) is 3.53. The highest BCUT2D eigenvalue weighted by molar-refractivity contribution is 7.98. The van der Waals surface area contributed by atoms with Crippen molar-refractivity contribution in [1.82, 2.24) is 9.97 Å². The van der Waals surface area contributed by atoms with Crippen LogP contribution >= 0.6 is 11.8 Å². The predicted octanol–water partition coefficient (Wildman–Crippen LogP) is 2.66. The van der Waals surface area contributed by atoms with Crippen LogP contribution in [0.3, 0.4) is 0 Å². The molecular weight excluding hydrogens is 269 g/mol. The van der Waals surface area contributed by atoms with Gasteiger partial charge in [0.2, 0.25) is 0 Å². The number of rotatable bonds is 7. The van der Waals surface area contributed by atoms with E-state index in [0.29, 0.717) is 17.5 Å². The molecule has 1 aromatic rings. The maximum Gasteiger partial charge on any atom is 0.343 e. The van der Waals surface area contributed by atoms with Crippen LogP contribution < -0.4 is 5.32 Å². The van der Waals surface area contributed by atoms with Crippen LogP contribution in [0.15, 0.2) is 23.8 Å². The van der Waals surface area contributed by atoms with Crippen LogP contribution in [0.2, 0.25) is 0 Å². The van der Waals surface area contributed by atoms with Crippen LogP contribution in [0.1, 0.15) is 23.7 Å². The van der Waals surface area contributed by atoms with Gasteiger partial charge in [0.25, 0.3) is 0 Å². The topological polar surface area (TPSA) is 64.1 Å². The minimum atomic E-state index is -0.503. The van der Waals surface area contributed by atoms with Gasteiger partial charge in [0.15, 0.2) is 5.16 Å². The Morgan fingerprint density at radius 1 is 1.63 bits per heavy atom. The average Bonchev–Trinajstić information content (AvgIpc) is 2.38. The van der Waals surface area contributed by atoms with Crippen molar-refractivity contribution in [1.29, 1.82) is 0 Å². The van der Waals surface area contributed by atoms with Crippen molar-refractivity contribution in [2.24, 2.45) is 0 Å². The molecule has 0 spiro atoms. The summed E-state index contributed by atoms with van der Waals surface area (Å²) in [5.41, 5.74) is 0.240. The van der Waals surface area contributed by atoms with Crippen molar-refractivity contribution in [3.63, 3.8) is 0 Å². The smallest absolute Gasteiger partial charge is 0.343 e. The number of thioether (sulfide) groups is 1. The van der Waals surface area contributed by atoms with Gasteiger partial charge < -0.3 is 10.1 Å². The van der Waals surface area contributed by atoms with Crippen LogP contribution in [-0.4, -0.2) is 35.3 Å². The van der Waals surface area contributed by atoms with Crippen molar-refractivity contribution < 1.29 is 13.9 Å². The number of esters is 1. The number of nitrogens with one attached hydrogen (secondary N) is 1. The van der Waals surface area contributed by atoms with Crippen LogP contribution in [0.5, 0.6) is 0 Å². The van der Waals surface area contributed by atoms with E-state index in [1.165, 1.54) is 18.0 Å². The monoisotopic (exact) mass is 285 g/mol. The highest BCUT2D eigenvalue weighted by atomic mass is 32.2. The number of carbonyl (C=O) groups is 1. The molecule has 0 bridgehead atoms. The predicted molar refractivity (Wildman–Crippen MR) is 73.1 cm³/mol. The minimum Gasteiger partial charge on any atom is -0.462 e. The van der Waals surface area contributed by atoms with E-state index in [1.54, 1.807) is 6.92 Å². The standard InChI is InChI=1S/C12H16FN3O2S/c1-4-18-11(17)9-7-15-12(19-3)16-10(9)14-6-5-8(2)13/h7H,2,4-6H2,1,3H3,(H,14,15,16). The molecule has 19 heavy (non-hydrogen) atoms. The zero-order valence-electron chi connectivity index (χ0n) is 10.9. The molecule has 0 atom stereocenters. The van der Waals surface area contributed by atoms with Crippen molar-refractivity contribution >= 4 is 23.5 Å². The Hall–Kier alpha value is -1.63. The molecule has 0 saturated carbocycles. The summed E-state index contributed by atoms with van der Waals surface area (Å²) in [4.78, 5) is 19.9. The Morgan fingerprint density at radius 2 is 2.37 bits per heavy atom. The maximum atomic E-state index is 12.6. The van der Waals surface area contributed by atoms with Crippen molar-refractivity contribution in [3.8, 4) is 0 Å². The van der Waals surface area contributed by atoms with Gasteiger partial charge in [-0.3, -0.25) is 0 Å². The van der Waals surface area contributed by atoms with E-state index in [2.05, 4.69) is 21.9 Å². The molecule has 0 aliphatic heterocycles. The summed E-state index contributed by atoms with van der Waals surface area (Å²) in [6.07, 6.45) is 3.39. The molecule has 0 aromatic carbocycles. The van der Waals surface area contributed by atoms with Gasteiger partial charge in [0.05, 0.1) is 12.4 Å². The first-order valence-electron chi connectivity index (χ1n) is 5.73. The molecule has 0 amide bonds. The quantitative estimate of drug-likeness (QED) is 0.472. The lowest BCUT2D eigenvalue weighted by Crippen LogP contribution is -2.13. The normalized spacial score (nSPS) is 10.1. The number of hydrogen-bond donors (Lipinski definition) is 1. The van der Waals surface area contributed by atoms with E-state index in [-0.39, 0.29) is 18.6 Å². The molecule has 1 rings (SSSR count). The largest absolute Gasteiger partial charge is 0.462 e. The van der Waals surface area contributed by atoms with E-state index in [0.717, 1.165) is 0 Å². The van der Waals surface area contributed by atoms with Crippen LogP contribution in [0, 0.1) is 0 Å². The summed E-state index contributed by atoms with van der Waals surface area (Å²) >= 11 is 1.35. The minimum absolute atomic E-state index is 0.154. The first-order valence-corrected chi connectivity index (χ1v) is 6.96. The molecule has 1 heterocycles. The number of anilines is 1. The Kier molecular flexibility index (Phi) is 6.27. The fourth-order valence-corrected chi connectivity index (χ4v) is 1.61. The van der Waals surface area contributed by atoms with E-state index in [9.17, 15) is 9.18 Å². The number of aromatic nitrogens is 2. The summed E-state index contributed by atoms with van der Waals surface area (Å²) in [5.74, 6) is -0.583. The summed E-state index contributed by atoms with van der Waals surface area (Å²) in [7, 11) is 0. The highest BCUT2D eigenvalue weighted by Gasteiger charge is 2.15. The van der Waals surface area contributed by atoms with Crippen LogP contribution in [-0.2, 0) is 4.74 Å². The number of hydrogen-bond acceptors (Lipinski definition) is 6. The van der Waals surface area contributed by atoms with Crippen molar-refractivity contribution in [2.75, 3.05) is 24.7 Å². The molecule has 0 unspecified atom stereocenters. The molecule has 1 aromatic heterocycles. The fraction of sp³-hybridized carbons (Fsp3) is 0.417. The zero-order valence-corrected chi connectivity index (χ0v) is 11.7. The lowest BCUT2D eigenvalue weighted by molar-refractivity contribution is 0.0526. The third-order valence-corrected chi connectivity index (χ3v) is 2.70. The lowest BCUT2D eigenvalue weighted by atomic mass is 10.3. The van der Waals surface area contributed by atoms with Crippen molar-refractivity contribution in [3.05, 3.63) is 24.2 Å². The molecule has 0 saturated heterocycles. The maximum absolute atomic E-state index is 12.6. The summed E-state index contributed by atoms with van der Waals surface area (Å²) in [6, 6.07) is 0. The summed E-state index contributed by atoms with van der Waals surface area (Å²) in [5, 5.41) is 3.42. The zero-order chi connectivity index (χ0) is 14.3. The van der Waals surface area contributed by atoms with E-state index in [4.69, 9.17) is 4.74 Å². The third kappa shape index (κ3) is 4.86. The second kappa shape index (κ2) is 7.73. The fourth-order valence-electron chi connectivity index (χ4n) is 1.27. The Labute approximate surface area is 115 Å². The second-order valence-corrected chi connectivity index (χ2v) is 4.31. The Bertz CT molecular complexity index is 468. The number of halogens is 1. The van der Waals surface area contributed by atoms with E-state index >= 15 is 0 Å². The van der Waals surface area contributed by atoms with Gasteiger partial charge >= 0.3 is 5.97 Å². The first-order chi connectivity index (χ1) is 9.08. The molecule has 1 N–H and O–H groups in total. The third-order valence-electron chi connectivity index (χ3n) is 2.13. The number of carbonyl (C=O) groups excluding carboxylic acids is 1. The number of nitrogens with zero attached hydrogens (tertiary/aromatic N) is 2. The summed E-state index contributed by atoms with van der Waals surface area (Å²) < 4.78 is 17.5. The molecule has 0 aliphatic rings. The average molecular weight is 285 g/mol. The Balaban J connectivity index is 2.89. The van der Waals surface area contributed by atoms with Gasteiger partial charge in [-0.25, -0.2) is 19.2 Å². The van der Waals surface area contributed by atoms with Gasteiger partial charge in [-0.1, -0.05) is 18.3 Å². The first kappa shape index (κ1) is 15.4. The van der Waals surface area contributed by atoms with Crippen LogP contribution in [0.25, 0.3) is 0 Å². The molecule has 0 radical (unpaired) electrons. The van der Waals surface area contributed by atoms with Gasteiger partial charge in [-0.05, 0) is 13.2 Å². The van der Waals surface area contributed by atoms with Gasteiger partial charge in [0, 0.05) is 19.2 Å². The summed E-state index contributed by atoms with van der Waals surface area (Å²) in [6.45, 7) is 5.46. The van der Waals surface area contributed by atoms with Gasteiger partial charge in [-0.2, -0.15) is 0 Å². The van der Waals surface area contributed by atoms with Crippen LogP contribution in [0.4, 0.5) is 10.2 Å². The molecular formula is C12H16FN3O2S. The van der Waals surface area contributed by atoms with Gasteiger partial charge in [0.1, 0.15) is 11.4 Å². The molecule has 104 valence electrons. The molecule has 0 aliphatic carbocycles.